The summed E-state index contributed by atoms with van der Waals surface area (Å²) in [7, 11) is 3.83. The first-order valence-electron chi connectivity index (χ1n) is 11.9. The fraction of sp³-hybridized carbons (Fsp3) is 0.286. The first kappa shape index (κ1) is 26.1. The van der Waals surface area contributed by atoms with Crippen LogP contribution in [0.25, 0.3) is 5.76 Å². The first-order valence-corrected chi connectivity index (χ1v) is 12.7. The van der Waals surface area contributed by atoms with Crippen LogP contribution in [0.15, 0.2) is 48.0 Å². The summed E-state index contributed by atoms with van der Waals surface area (Å²) in [6, 6.07) is 12.0. The third-order valence-corrected chi connectivity index (χ3v) is 7.41. The Kier molecular flexibility index (Phi) is 7.18. The lowest BCUT2D eigenvalue weighted by molar-refractivity contribution is -0.132. The van der Waals surface area contributed by atoms with E-state index in [2.05, 4.69) is 4.98 Å². The molecule has 2 aromatic carbocycles. The fourth-order valence-electron chi connectivity index (χ4n) is 4.31. The van der Waals surface area contributed by atoms with Gasteiger partial charge >= 0.3 is 11.9 Å². The number of carbonyl (C=O) groups is 3. The van der Waals surface area contributed by atoms with E-state index >= 15 is 0 Å². The molecule has 1 aliphatic rings. The van der Waals surface area contributed by atoms with E-state index in [0.29, 0.717) is 16.8 Å². The molecular formula is C28H29N3O5S. The largest absolute Gasteiger partial charge is 0.507 e. The van der Waals surface area contributed by atoms with Crippen LogP contribution in [0, 0.1) is 20.8 Å². The van der Waals surface area contributed by atoms with Crippen molar-refractivity contribution in [2.45, 2.75) is 33.7 Å². The second-order valence-electron chi connectivity index (χ2n) is 9.10. The number of hydrogen-bond acceptors (Lipinski definition) is 8. The van der Waals surface area contributed by atoms with E-state index in [1.165, 1.54) is 4.90 Å². The molecule has 1 unspecified atom stereocenters. The van der Waals surface area contributed by atoms with Crippen molar-refractivity contribution in [2.75, 3.05) is 30.5 Å². The molecule has 4 rings (SSSR count). The number of amides is 1. The Morgan fingerprint density at radius 1 is 1.11 bits per heavy atom. The SMILES string of the molecule is CCOC(=O)c1sc(N2C(=O)C(=O)C(=C(O)c3cc(C)ccc3C)C2c2ccc(N(C)C)cc2)nc1C. The molecule has 2 heterocycles. The second-order valence-corrected chi connectivity index (χ2v) is 10.1. The number of esters is 1. The maximum absolute atomic E-state index is 13.5. The summed E-state index contributed by atoms with van der Waals surface area (Å²) in [5, 5.41) is 11.6. The summed E-state index contributed by atoms with van der Waals surface area (Å²) in [5.41, 5.74) is 4.09. The molecule has 0 saturated carbocycles. The first-order chi connectivity index (χ1) is 17.5. The highest BCUT2D eigenvalue weighted by Gasteiger charge is 2.48. The number of Topliss-reactive ketones (excluding diaryl/α,β-unsaturated/α-hetero) is 1. The normalized spacial score (nSPS) is 16.8. The number of ether oxygens (including phenoxy) is 1. The summed E-state index contributed by atoms with van der Waals surface area (Å²) >= 11 is 0.987. The number of hydrogen-bond donors (Lipinski definition) is 1. The van der Waals surface area contributed by atoms with Gasteiger partial charge in [0, 0.05) is 25.3 Å². The van der Waals surface area contributed by atoms with Gasteiger partial charge in [0.2, 0.25) is 0 Å². The number of aryl methyl sites for hydroxylation is 3. The summed E-state index contributed by atoms with van der Waals surface area (Å²) in [6.45, 7) is 7.28. The number of aliphatic hydroxyl groups excluding tert-OH is 1. The van der Waals surface area contributed by atoms with Gasteiger partial charge in [0.25, 0.3) is 5.78 Å². The quantitative estimate of drug-likeness (QED) is 0.213. The second kappa shape index (κ2) is 10.2. The van der Waals surface area contributed by atoms with Gasteiger partial charge in [-0.3, -0.25) is 14.5 Å². The summed E-state index contributed by atoms with van der Waals surface area (Å²) in [5.74, 6) is -2.42. The van der Waals surface area contributed by atoms with Gasteiger partial charge in [-0.2, -0.15) is 0 Å². The number of aliphatic hydroxyl groups is 1. The molecule has 0 aliphatic carbocycles. The van der Waals surface area contributed by atoms with Gasteiger partial charge in [0.1, 0.15) is 10.6 Å². The van der Waals surface area contributed by atoms with Gasteiger partial charge in [-0.25, -0.2) is 9.78 Å². The minimum Gasteiger partial charge on any atom is -0.507 e. The molecule has 0 spiro atoms. The van der Waals surface area contributed by atoms with Crippen LogP contribution >= 0.6 is 11.3 Å². The van der Waals surface area contributed by atoms with E-state index in [0.717, 1.165) is 28.2 Å². The van der Waals surface area contributed by atoms with E-state index in [-0.39, 0.29) is 27.9 Å². The van der Waals surface area contributed by atoms with Gasteiger partial charge in [-0.1, -0.05) is 41.2 Å². The lowest BCUT2D eigenvalue weighted by atomic mass is 9.93. The molecule has 1 atom stereocenters. The van der Waals surface area contributed by atoms with Crippen LogP contribution in [0.5, 0.6) is 0 Å². The van der Waals surface area contributed by atoms with E-state index in [9.17, 15) is 19.5 Å². The number of aromatic nitrogens is 1. The third-order valence-electron chi connectivity index (χ3n) is 6.27. The molecule has 1 aliphatic heterocycles. The van der Waals surface area contributed by atoms with E-state index < -0.39 is 23.7 Å². The van der Waals surface area contributed by atoms with Crippen LogP contribution in [0.4, 0.5) is 10.8 Å². The van der Waals surface area contributed by atoms with Gasteiger partial charge in [-0.15, -0.1) is 0 Å². The molecule has 192 valence electrons. The molecule has 9 heteroatoms. The van der Waals surface area contributed by atoms with Gasteiger partial charge < -0.3 is 14.7 Å². The maximum Gasteiger partial charge on any atom is 0.350 e. The van der Waals surface area contributed by atoms with Crippen LogP contribution in [0.3, 0.4) is 0 Å². The molecule has 1 N–H and O–H groups in total. The Morgan fingerprint density at radius 2 is 1.78 bits per heavy atom. The van der Waals surface area contributed by atoms with Gasteiger partial charge in [-0.05, 0) is 57.0 Å². The highest BCUT2D eigenvalue weighted by Crippen LogP contribution is 2.44. The molecule has 1 saturated heterocycles. The topological polar surface area (TPSA) is 100 Å². The summed E-state index contributed by atoms with van der Waals surface area (Å²) in [6.07, 6.45) is 0. The predicted molar refractivity (Wildman–Crippen MR) is 144 cm³/mol. The average molecular weight is 520 g/mol. The zero-order chi connectivity index (χ0) is 27.0. The molecule has 0 bridgehead atoms. The van der Waals surface area contributed by atoms with Crippen LogP contribution in [0.2, 0.25) is 0 Å². The van der Waals surface area contributed by atoms with Crippen molar-refractivity contribution in [3.05, 3.63) is 80.9 Å². The average Bonchev–Trinajstić information content (AvgIpc) is 3.37. The number of nitrogens with zero attached hydrogens (tertiary/aromatic N) is 3. The fourth-order valence-corrected chi connectivity index (χ4v) is 5.29. The molecular weight excluding hydrogens is 490 g/mol. The minimum atomic E-state index is -0.934. The maximum atomic E-state index is 13.5. The Labute approximate surface area is 219 Å². The monoisotopic (exact) mass is 519 g/mol. The molecule has 37 heavy (non-hydrogen) atoms. The van der Waals surface area contributed by atoms with E-state index in [1.807, 2.05) is 69.2 Å². The summed E-state index contributed by atoms with van der Waals surface area (Å²) < 4.78 is 5.13. The van der Waals surface area contributed by atoms with Crippen molar-refractivity contribution in [3.63, 3.8) is 0 Å². The third kappa shape index (κ3) is 4.74. The molecule has 1 fully saturated rings. The Hall–Kier alpha value is -3.98. The van der Waals surface area contributed by atoms with E-state index in [1.54, 1.807) is 19.9 Å². The number of thiazole rings is 1. The van der Waals surface area contributed by atoms with Crippen LogP contribution < -0.4 is 9.80 Å². The van der Waals surface area contributed by atoms with Crippen LogP contribution in [0.1, 0.15) is 50.6 Å². The van der Waals surface area contributed by atoms with Crippen molar-refractivity contribution in [1.29, 1.82) is 0 Å². The van der Waals surface area contributed by atoms with Gasteiger partial charge in [0.05, 0.1) is 23.9 Å². The summed E-state index contributed by atoms with van der Waals surface area (Å²) in [4.78, 5) is 47.3. The van der Waals surface area contributed by atoms with Crippen molar-refractivity contribution in [1.82, 2.24) is 4.98 Å². The Morgan fingerprint density at radius 3 is 2.41 bits per heavy atom. The molecule has 0 radical (unpaired) electrons. The Balaban J connectivity index is 1.94. The molecule has 8 nitrogen and oxygen atoms in total. The predicted octanol–water partition coefficient (Wildman–Crippen LogP) is 4.94. The van der Waals surface area contributed by atoms with Gasteiger partial charge in [0.15, 0.2) is 5.13 Å². The standard InChI is InChI=1S/C28H29N3O5S/c1-7-36-27(35)25-17(4)29-28(37-25)31-22(18-10-12-19(13-11-18)30(5)6)21(24(33)26(31)34)23(32)20-14-15(2)8-9-16(20)3/h8-14,22,32H,7H2,1-6H3. The number of ketones is 1. The van der Waals surface area contributed by atoms with Crippen molar-refractivity contribution < 1.29 is 24.2 Å². The van der Waals surface area contributed by atoms with Crippen LogP contribution in [-0.4, -0.2) is 48.5 Å². The number of rotatable bonds is 6. The minimum absolute atomic E-state index is 0.0261. The molecule has 1 aromatic heterocycles. The highest BCUT2D eigenvalue weighted by molar-refractivity contribution is 7.17. The number of carbonyl (C=O) groups excluding carboxylic acids is 3. The number of anilines is 2. The number of benzene rings is 2. The molecule has 3 aromatic rings. The zero-order valence-corrected chi connectivity index (χ0v) is 22.5. The Bertz CT molecular complexity index is 1420. The van der Waals surface area contributed by atoms with Crippen molar-refractivity contribution in [3.8, 4) is 0 Å². The lowest BCUT2D eigenvalue weighted by Gasteiger charge is -2.24. The zero-order valence-electron chi connectivity index (χ0n) is 21.7. The van der Waals surface area contributed by atoms with Crippen molar-refractivity contribution in [2.24, 2.45) is 0 Å². The molecule has 1 amide bonds. The van der Waals surface area contributed by atoms with E-state index in [4.69, 9.17) is 4.74 Å². The lowest BCUT2D eigenvalue weighted by Crippen LogP contribution is -2.29. The van der Waals surface area contributed by atoms with Crippen LogP contribution in [-0.2, 0) is 14.3 Å². The van der Waals surface area contributed by atoms with Crippen molar-refractivity contribution >= 4 is 45.6 Å². The smallest absolute Gasteiger partial charge is 0.350 e. The highest BCUT2D eigenvalue weighted by atomic mass is 32.1.